The van der Waals surface area contributed by atoms with Crippen molar-refractivity contribution < 1.29 is 13.6 Å². The van der Waals surface area contributed by atoms with Crippen molar-refractivity contribution in [3.63, 3.8) is 0 Å². The summed E-state index contributed by atoms with van der Waals surface area (Å²) in [5.41, 5.74) is 0.341. The van der Waals surface area contributed by atoms with Gasteiger partial charge in [0.15, 0.2) is 11.6 Å². The van der Waals surface area contributed by atoms with Crippen molar-refractivity contribution in [3.8, 4) is 0 Å². The average molecular weight is 284 g/mol. The van der Waals surface area contributed by atoms with Crippen LogP contribution in [0.25, 0.3) is 0 Å². The number of halogens is 2. The molecule has 1 amide bonds. The molecular weight excluding hydrogens is 262 g/mol. The Morgan fingerprint density at radius 1 is 1.30 bits per heavy atom. The number of hydrogen-bond acceptors (Lipinski definition) is 2. The van der Waals surface area contributed by atoms with E-state index in [1.54, 1.807) is 6.92 Å². The highest BCUT2D eigenvalue weighted by atomic mass is 19.2. The largest absolute Gasteiger partial charge is 0.350 e. The Bertz CT molecular complexity index is 475. The molecule has 0 aliphatic carbocycles. The Balaban J connectivity index is 2.52. The third-order valence-corrected chi connectivity index (χ3v) is 3.34. The summed E-state index contributed by atoms with van der Waals surface area (Å²) in [6.07, 6.45) is 0.828. The molecule has 112 valence electrons. The van der Waals surface area contributed by atoms with Gasteiger partial charge in [-0.25, -0.2) is 8.78 Å². The molecule has 1 unspecified atom stereocenters. The van der Waals surface area contributed by atoms with Crippen LogP contribution in [-0.4, -0.2) is 17.5 Å². The normalized spacial score (nSPS) is 13.1. The summed E-state index contributed by atoms with van der Waals surface area (Å²) in [5.74, 6) is -1.86. The fourth-order valence-corrected chi connectivity index (χ4v) is 1.54. The second-order valence-electron chi connectivity index (χ2n) is 5.58. The van der Waals surface area contributed by atoms with Gasteiger partial charge in [0.1, 0.15) is 0 Å². The fourth-order valence-electron chi connectivity index (χ4n) is 1.54. The van der Waals surface area contributed by atoms with Gasteiger partial charge in [-0.1, -0.05) is 13.0 Å². The van der Waals surface area contributed by atoms with Crippen LogP contribution in [0.5, 0.6) is 0 Å². The van der Waals surface area contributed by atoms with Crippen LogP contribution in [0.4, 0.5) is 8.78 Å². The zero-order chi connectivity index (χ0) is 15.3. The van der Waals surface area contributed by atoms with E-state index in [4.69, 9.17) is 0 Å². The predicted molar refractivity (Wildman–Crippen MR) is 75.2 cm³/mol. The lowest BCUT2D eigenvalue weighted by Gasteiger charge is -2.26. The highest BCUT2D eigenvalue weighted by molar-refractivity contribution is 5.81. The van der Waals surface area contributed by atoms with Crippen LogP contribution in [0.2, 0.25) is 0 Å². The minimum absolute atomic E-state index is 0.112. The standard InChI is InChI=1S/C15H22F2N2O/c1-5-15(3,4)19-14(20)10(2)18-9-11-6-7-12(16)13(17)8-11/h6-8,10,18H,5,9H2,1-4H3,(H,19,20). The predicted octanol–water partition coefficient (Wildman–Crippen LogP) is 2.75. The van der Waals surface area contributed by atoms with Crippen molar-refractivity contribution in [1.29, 1.82) is 0 Å². The first kappa shape index (κ1) is 16.6. The maximum atomic E-state index is 13.0. The van der Waals surface area contributed by atoms with Crippen LogP contribution in [0.15, 0.2) is 18.2 Å². The molecule has 0 spiro atoms. The number of rotatable bonds is 6. The van der Waals surface area contributed by atoms with Gasteiger partial charge >= 0.3 is 0 Å². The van der Waals surface area contributed by atoms with Gasteiger partial charge in [0, 0.05) is 12.1 Å². The smallest absolute Gasteiger partial charge is 0.237 e. The highest BCUT2D eigenvalue weighted by Crippen LogP contribution is 2.09. The zero-order valence-corrected chi connectivity index (χ0v) is 12.4. The molecule has 3 nitrogen and oxygen atoms in total. The van der Waals surface area contributed by atoms with Crippen LogP contribution in [0.3, 0.4) is 0 Å². The van der Waals surface area contributed by atoms with E-state index in [-0.39, 0.29) is 11.4 Å². The van der Waals surface area contributed by atoms with Gasteiger partial charge in [-0.15, -0.1) is 0 Å². The molecule has 0 bridgehead atoms. The van der Waals surface area contributed by atoms with Crippen molar-refractivity contribution in [1.82, 2.24) is 10.6 Å². The van der Waals surface area contributed by atoms with Crippen LogP contribution in [0.1, 0.15) is 39.7 Å². The first-order valence-corrected chi connectivity index (χ1v) is 6.74. The molecule has 0 saturated carbocycles. The summed E-state index contributed by atoms with van der Waals surface area (Å²) in [6, 6.07) is 3.29. The molecule has 20 heavy (non-hydrogen) atoms. The average Bonchev–Trinajstić information content (AvgIpc) is 2.39. The Labute approximate surface area is 118 Å². The second-order valence-corrected chi connectivity index (χ2v) is 5.58. The fraction of sp³-hybridized carbons (Fsp3) is 0.533. The molecule has 1 aromatic rings. The van der Waals surface area contributed by atoms with Gasteiger partial charge < -0.3 is 10.6 Å². The molecule has 5 heteroatoms. The Morgan fingerprint density at radius 2 is 1.95 bits per heavy atom. The molecular formula is C15H22F2N2O. The Hall–Kier alpha value is -1.49. The number of carbonyl (C=O) groups excluding carboxylic acids is 1. The van der Waals surface area contributed by atoms with E-state index >= 15 is 0 Å². The van der Waals surface area contributed by atoms with E-state index in [0.29, 0.717) is 12.1 Å². The van der Waals surface area contributed by atoms with Gasteiger partial charge in [0.05, 0.1) is 6.04 Å². The van der Waals surface area contributed by atoms with Gasteiger partial charge in [0.25, 0.3) is 0 Å². The van der Waals surface area contributed by atoms with E-state index in [0.717, 1.165) is 18.6 Å². The van der Waals surface area contributed by atoms with Crippen molar-refractivity contribution in [3.05, 3.63) is 35.4 Å². The van der Waals surface area contributed by atoms with Crippen molar-refractivity contribution in [2.45, 2.75) is 52.2 Å². The van der Waals surface area contributed by atoms with E-state index < -0.39 is 17.7 Å². The second kappa shape index (κ2) is 6.79. The number of hydrogen-bond donors (Lipinski definition) is 2. The zero-order valence-electron chi connectivity index (χ0n) is 12.4. The summed E-state index contributed by atoms with van der Waals surface area (Å²) >= 11 is 0. The summed E-state index contributed by atoms with van der Waals surface area (Å²) in [5, 5.41) is 5.92. The molecule has 0 fully saturated rings. The number of carbonyl (C=O) groups is 1. The van der Waals surface area contributed by atoms with Crippen LogP contribution < -0.4 is 10.6 Å². The lowest BCUT2D eigenvalue weighted by atomic mass is 10.0. The molecule has 0 aliphatic heterocycles. The quantitative estimate of drug-likeness (QED) is 0.843. The first-order valence-electron chi connectivity index (χ1n) is 6.74. The molecule has 0 heterocycles. The van der Waals surface area contributed by atoms with Crippen LogP contribution in [-0.2, 0) is 11.3 Å². The monoisotopic (exact) mass is 284 g/mol. The van der Waals surface area contributed by atoms with Gasteiger partial charge in [-0.3, -0.25) is 4.79 Å². The number of amides is 1. The minimum atomic E-state index is -0.881. The minimum Gasteiger partial charge on any atom is -0.350 e. The molecule has 1 atom stereocenters. The van der Waals surface area contributed by atoms with E-state index in [1.165, 1.54) is 6.07 Å². The highest BCUT2D eigenvalue weighted by Gasteiger charge is 2.21. The number of benzene rings is 1. The maximum absolute atomic E-state index is 13.0. The van der Waals surface area contributed by atoms with Crippen LogP contribution >= 0.6 is 0 Å². The SMILES string of the molecule is CCC(C)(C)NC(=O)C(C)NCc1ccc(F)c(F)c1. The van der Waals surface area contributed by atoms with Crippen LogP contribution in [0, 0.1) is 11.6 Å². The lowest BCUT2D eigenvalue weighted by molar-refractivity contribution is -0.124. The Kier molecular flexibility index (Phi) is 5.62. The summed E-state index contributed by atoms with van der Waals surface area (Å²) in [7, 11) is 0. The topological polar surface area (TPSA) is 41.1 Å². The van der Waals surface area contributed by atoms with Gasteiger partial charge in [0.2, 0.25) is 5.91 Å². The lowest BCUT2D eigenvalue weighted by Crippen LogP contribution is -2.50. The van der Waals surface area contributed by atoms with E-state index in [2.05, 4.69) is 10.6 Å². The maximum Gasteiger partial charge on any atom is 0.237 e. The molecule has 1 rings (SSSR count). The molecule has 0 aliphatic rings. The third kappa shape index (κ3) is 4.89. The van der Waals surface area contributed by atoms with Crippen molar-refractivity contribution >= 4 is 5.91 Å². The molecule has 2 N–H and O–H groups in total. The van der Waals surface area contributed by atoms with Crippen molar-refractivity contribution in [2.24, 2.45) is 0 Å². The molecule has 0 radical (unpaired) electrons. The van der Waals surface area contributed by atoms with E-state index in [9.17, 15) is 13.6 Å². The van der Waals surface area contributed by atoms with E-state index in [1.807, 2.05) is 20.8 Å². The summed E-state index contributed by atoms with van der Waals surface area (Å²) in [6.45, 7) is 7.94. The molecule has 0 aromatic heterocycles. The summed E-state index contributed by atoms with van der Waals surface area (Å²) in [4.78, 5) is 12.0. The molecule has 0 saturated heterocycles. The van der Waals surface area contributed by atoms with Gasteiger partial charge in [-0.2, -0.15) is 0 Å². The van der Waals surface area contributed by atoms with Gasteiger partial charge in [-0.05, 0) is 44.9 Å². The van der Waals surface area contributed by atoms with Crippen molar-refractivity contribution in [2.75, 3.05) is 0 Å². The third-order valence-electron chi connectivity index (χ3n) is 3.34. The first-order chi connectivity index (χ1) is 9.25. The number of nitrogens with one attached hydrogen (secondary N) is 2. The Morgan fingerprint density at radius 3 is 2.50 bits per heavy atom. The molecule has 1 aromatic carbocycles. The summed E-state index contributed by atoms with van der Waals surface area (Å²) < 4.78 is 25.8.